The molecule has 0 radical (unpaired) electrons. The number of nitrogens with one attached hydrogen (secondary N) is 1. The third kappa shape index (κ3) is 2.20. The van der Waals surface area contributed by atoms with E-state index in [1.807, 2.05) is 6.07 Å². The highest BCUT2D eigenvalue weighted by Gasteiger charge is 2.87. The maximum atomic E-state index is 15.1. The van der Waals surface area contributed by atoms with Crippen LogP contribution < -0.4 is 5.32 Å². The Morgan fingerprint density at radius 3 is 2.64 bits per heavy atom. The molecule has 0 atom stereocenters. The van der Waals surface area contributed by atoms with E-state index in [-0.39, 0.29) is 22.9 Å². The van der Waals surface area contributed by atoms with Gasteiger partial charge in [-0.1, -0.05) is 11.6 Å². The first-order valence-corrected chi connectivity index (χ1v) is 9.71. The minimum Gasteiger partial charge on any atom is -0.377 e. The third-order valence-corrected chi connectivity index (χ3v) is 6.40. The molecule has 0 amide bonds. The van der Waals surface area contributed by atoms with E-state index in [0.717, 1.165) is 24.2 Å². The van der Waals surface area contributed by atoms with Crippen LogP contribution in [-0.4, -0.2) is 39.3 Å². The number of halogens is 2. The van der Waals surface area contributed by atoms with Gasteiger partial charge in [0.25, 0.3) is 0 Å². The Morgan fingerprint density at radius 2 is 2.04 bits per heavy atom. The number of benzene rings is 1. The molecule has 0 unspecified atom stereocenters. The lowest BCUT2D eigenvalue weighted by Crippen LogP contribution is -2.11. The molecule has 0 saturated heterocycles. The van der Waals surface area contributed by atoms with Gasteiger partial charge in [0.1, 0.15) is 11.3 Å². The first-order valence-electron chi connectivity index (χ1n) is 9.33. The molecule has 5 rings (SSSR count). The average Bonchev–Trinajstić information content (AvgIpc) is 3.44. The van der Waals surface area contributed by atoms with E-state index < -0.39 is 0 Å². The average molecular weight is 402 g/mol. The van der Waals surface area contributed by atoms with Crippen molar-refractivity contribution in [3.63, 3.8) is 0 Å². The summed E-state index contributed by atoms with van der Waals surface area (Å²) in [5.74, 6) is 0.965. The molecule has 2 aromatic heterocycles. The van der Waals surface area contributed by atoms with Crippen molar-refractivity contribution in [2.45, 2.75) is 43.7 Å². The van der Waals surface area contributed by atoms with Crippen molar-refractivity contribution in [2.24, 2.45) is 0 Å². The smallest absolute Gasteiger partial charge is 0.223 e. The summed E-state index contributed by atoms with van der Waals surface area (Å²) >= 11 is 6.31. The number of hydrogen-bond acceptors (Lipinski definition) is 5. The van der Waals surface area contributed by atoms with Crippen molar-refractivity contribution < 1.29 is 9.13 Å². The van der Waals surface area contributed by atoms with Gasteiger partial charge in [0.2, 0.25) is 5.95 Å². The van der Waals surface area contributed by atoms with Crippen LogP contribution >= 0.6 is 11.6 Å². The topological polar surface area (TPSA) is 64.9 Å². The molecule has 6 nitrogen and oxygen atoms in total. The normalized spacial score (nSPS) is 25.2. The number of rotatable bonds is 5. The Bertz CT molecular complexity index is 1120. The second-order valence-corrected chi connectivity index (χ2v) is 8.41. The maximum absolute atomic E-state index is 15.1. The van der Waals surface area contributed by atoms with Gasteiger partial charge in [0, 0.05) is 25.8 Å². The minimum absolute atomic E-state index is 0.0660. The fraction of sp³-hybridized carbons (Fsp3) is 0.450. The Labute approximate surface area is 167 Å². The van der Waals surface area contributed by atoms with Gasteiger partial charge < -0.3 is 14.6 Å². The molecule has 3 aromatic rings. The number of methoxy groups -OCH3 is 1. The summed E-state index contributed by atoms with van der Waals surface area (Å²) in [6.45, 7) is 4.17. The van der Waals surface area contributed by atoms with Crippen molar-refractivity contribution in [1.29, 1.82) is 0 Å². The van der Waals surface area contributed by atoms with E-state index in [0.29, 0.717) is 27.7 Å². The zero-order chi connectivity index (χ0) is 19.8. The third-order valence-electron chi connectivity index (χ3n) is 6.12. The van der Waals surface area contributed by atoms with Crippen molar-refractivity contribution in [3.05, 3.63) is 35.0 Å². The zero-order valence-electron chi connectivity index (χ0n) is 16.2. The molecule has 146 valence electrons. The van der Waals surface area contributed by atoms with Gasteiger partial charge in [-0.3, -0.25) is 0 Å². The fourth-order valence-corrected chi connectivity index (χ4v) is 4.58. The summed E-state index contributed by atoms with van der Waals surface area (Å²) in [4.78, 5) is 13.2. The summed E-state index contributed by atoms with van der Waals surface area (Å²) < 4.78 is 22.9. The van der Waals surface area contributed by atoms with Gasteiger partial charge in [-0.05, 0) is 38.8 Å². The van der Waals surface area contributed by atoms with Crippen LogP contribution in [0, 0.1) is 5.82 Å². The highest BCUT2D eigenvalue weighted by Crippen LogP contribution is 2.80. The SMILES string of the molecule is CNc1ncc(Cl)c(-c2cc(F)c3nc(C45CC4(OC)C5)n(C(C)C)c3c2)n1. The molecular weight excluding hydrogens is 381 g/mol. The summed E-state index contributed by atoms with van der Waals surface area (Å²) in [5, 5.41) is 3.26. The minimum atomic E-state index is -0.380. The number of imidazole rings is 1. The molecule has 2 heterocycles. The summed E-state index contributed by atoms with van der Waals surface area (Å²) in [7, 11) is 3.47. The number of anilines is 1. The fourth-order valence-electron chi connectivity index (χ4n) is 4.38. The first-order chi connectivity index (χ1) is 13.4. The highest BCUT2D eigenvalue weighted by molar-refractivity contribution is 6.33. The monoisotopic (exact) mass is 401 g/mol. The van der Waals surface area contributed by atoms with Crippen LogP contribution in [0.5, 0.6) is 0 Å². The Balaban J connectivity index is 1.72. The van der Waals surface area contributed by atoms with Crippen molar-refractivity contribution in [2.75, 3.05) is 19.5 Å². The van der Waals surface area contributed by atoms with E-state index in [4.69, 9.17) is 21.3 Å². The van der Waals surface area contributed by atoms with Crippen LogP contribution in [0.3, 0.4) is 0 Å². The molecule has 2 aliphatic rings. The second-order valence-electron chi connectivity index (χ2n) is 8.00. The lowest BCUT2D eigenvalue weighted by atomic mass is 10.1. The number of hydrogen-bond donors (Lipinski definition) is 1. The van der Waals surface area contributed by atoms with Crippen LogP contribution in [0.15, 0.2) is 18.3 Å². The van der Waals surface area contributed by atoms with Crippen LogP contribution in [0.25, 0.3) is 22.3 Å². The van der Waals surface area contributed by atoms with Crippen LogP contribution in [-0.2, 0) is 10.2 Å². The molecule has 2 saturated carbocycles. The van der Waals surface area contributed by atoms with Crippen LogP contribution in [0.1, 0.15) is 38.6 Å². The molecule has 28 heavy (non-hydrogen) atoms. The van der Waals surface area contributed by atoms with Crippen molar-refractivity contribution in [3.8, 4) is 11.3 Å². The van der Waals surface area contributed by atoms with Crippen LogP contribution in [0.4, 0.5) is 10.3 Å². The molecule has 2 fully saturated rings. The maximum Gasteiger partial charge on any atom is 0.223 e. The zero-order valence-corrected chi connectivity index (χ0v) is 16.9. The van der Waals surface area contributed by atoms with Gasteiger partial charge in [-0.15, -0.1) is 0 Å². The van der Waals surface area contributed by atoms with Gasteiger partial charge in [-0.25, -0.2) is 19.3 Å². The van der Waals surface area contributed by atoms with Crippen molar-refractivity contribution in [1.82, 2.24) is 19.5 Å². The van der Waals surface area contributed by atoms with E-state index in [9.17, 15) is 0 Å². The molecule has 0 bridgehead atoms. The van der Waals surface area contributed by atoms with Gasteiger partial charge in [0.15, 0.2) is 5.82 Å². The first kappa shape index (κ1) is 17.8. The number of nitrogens with zero attached hydrogens (tertiary/aromatic N) is 4. The predicted molar refractivity (Wildman–Crippen MR) is 106 cm³/mol. The molecular formula is C20H21ClFN5O. The number of fused-ring (bicyclic) bond motifs is 2. The van der Waals surface area contributed by atoms with E-state index >= 15 is 4.39 Å². The summed E-state index contributed by atoms with van der Waals surface area (Å²) in [6.07, 6.45) is 3.41. The molecule has 8 heteroatoms. The van der Waals surface area contributed by atoms with Gasteiger partial charge in [0.05, 0.1) is 33.4 Å². The van der Waals surface area contributed by atoms with Gasteiger partial charge >= 0.3 is 0 Å². The largest absolute Gasteiger partial charge is 0.377 e. The van der Waals surface area contributed by atoms with E-state index in [1.165, 1.54) is 12.3 Å². The lowest BCUT2D eigenvalue weighted by Gasteiger charge is -2.15. The number of ether oxygens (including phenoxy) is 1. The summed E-state index contributed by atoms with van der Waals surface area (Å²) in [5.41, 5.74) is 2.05. The molecule has 1 aromatic carbocycles. The van der Waals surface area contributed by atoms with E-state index in [1.54, 1.807) is 14.2 Å². The Morgan fingerprint density at radius 1 is 1.29 bits per heavy atom. The molecule has 0 spiro atoms. The van der Waals surface area contributed by atoms with Crippen LogP contribution in [0.2, 0.25) is 5.02 Å². The highest BCUT2D eigenvalue weighted by atomic mass is 35.5. The lowest BCUT2D eigenvalue weighted by molar-refractivity contribution is 0.130. The quantitative estimate of drug-likeness (QED) is 0.689. The predicted octanol–water partition coefficient (Wildman–Crippen LogP) is 4.34. The Hall–Kier alpha value is -2.25. The molecule has 1 N–H and O–H groups in total. The molecule has 2 aliphatic carbocycles. The summed E-state index contributed by atoms with van der Waals surface area (Å²) in [6, 6.07) is 3.49. The molecule has 0 aliphatic heterocycles. The number of aromatic nitrogens is 4. The second kappa shape index (κ2) is 5.64. The van der Waals surface area contributed by atoms with Gasteiger partial charge in [-0.2, -0.15) is 0 Å². The van der Waals surface area contributed by atoms with E-state index in [2.05, 4.69) is 33.7 Å². The standard InChI is InChI=1S/C20H21ClFN5O/c1-10(2)27-14-6-11(15-12(21)7-24-18(23-3)26-15)5-13(22)16(14)25-17(27)19-8-20(19,9-19)28-4/h5-7,10H,8-9H2,1-4H3,(H,23,24,26). The van der Waals surface area contributed by atoms with Crippen molar-refractivity contribution >= 4 is 28.6 Å². The Kier molecular flexibility index (Phi) is 3.59.